The summed E-state index contributed by atoms with van der Waals surface area (Å²) in [5.74, 6) is 0.935. The van der Waals surface area contributed by atoms with Gasteiger partial charge in [-0.3, -0.25) is 14.6 Å². The van der Waals surface area contributed by atoms with E-state index in [2.05, 4.69) is 18.7 Å². The van der Waals surface area contributed by atoms with Crippen molar-refractivity contribution < 1.29 is 19.4 Å². The maximum Gasteiger partial charge on any atom is 0.327 e. The van der Waals surface area contributed by atoms with Crippen LogP contribution in [0.1, 0.15) is 39.2 Å². The van der Waals surface area contributed by atoms with Crippen molar-refractivity contribution in [2.24, 2.45) is 5.92 Å². The van der Waals surface area contributed by atoms with Gasteiger partial charge in [0.2, 0.25) is 0 Å². The molecule has 3 amide bonds. The van der Waals surface area contributed by atoms with Crippen LogP contribution >= 0.6 is 0 Å². The molecule has 7 heteroatoms. The summed E-state index contributed by atoms with van der Waals surface area (Å²) >= 11 is 0. The fraction of sp³-hybridized carbons (Fsp3) is 0.636. The fourth-order valence-electron chi connectivity index (χ4n) is 4.39. The largest absolute Gasteiger partial charge is 0.497 e. The number of benzene rings is 1. The number of rotatable bonds is 7. The summed E-state index contributed by atoms with van der Waals surface area (Å²) in [6.07, 6.45) is 1.21. The van der Waals surface area contributed by atoms with Crippen molar-refractivity contribution >= 4 is 11.9 Å². The number of carbonyl (C=O) groups excluding carboxylic acids is 2. The molecule has 2 fully saturated rings. The molecule has 1 N–H and O–H groups in total. The molecular formula is C22H33N3O4. The van der Waals surface area contributed by atoms with Crippen LogP contribution in [-0.2, 0) is 11.3 Å². The second-order valence-electron chi connectivity index (χ2n) is 8.63. The standard InChI is InChI=1S/C22H33N3O4/c1-16(2)13-25-21(28)24(14-18-5-7-19(29-4)8-6-18)20(27)22(25)9-11-23(12-10-22)17(3)15-26/h5-8,16-17,26H,9-15H2,1-4H3/t17-/m1/s1. The Kier molecular flexibility index (Phi) is 6.49. The number of hydrogen-bond donors (Lipinski definition) is 1. The van der Waals surface area contributed by atoms with Gasteiger partial charge in [-0.05, 0) is 43.4 Å². The van der Waals surface area contributed by atoms with E-state index in [1.807, 2.05) is 36.1 Å². The number of ether oxygens (including phenoxy) is 1. The molecule has 2 heterocycles. The summed E-state index contributed by atoms with van der Waals surface area (Å²) in [5, 5.41) is 9.46. The van der Waals surface area contributed by atoms with Crippen LogP contribution in [0.5, 0.6) is 5.75 Å². The molecule has 0 unspecified atom stereocenters. The van der Waals surface area contributed by atoms with Crippen LogP contribution in [0.4, 0.5) is 4.79 Å². The molecule has 0 saturated carbocycles. The smallest absolute Gasteiger partial charge is 0.327 e. The number of carbonyl (C=O) groups is 2. The molecule has 1 aromatic rings. The molecule has 0 radical (unpaired) electrons. The Balaban J connectivity index is 1.83. The lowest BCUT2D eigenvalue weighted by Gasteiger charge is -2.44. The van der Waals surface area contributed by atoms with Gasteiger partial charge in [-0.2, -0.15) is 0 Å². The van der Waals surface area contributed by atoms with Gasteiger partial charge < -0.3 is 14.7 Å². The zero-order valence-electron chi connectivity index (χ0n) is 17.9. The highest BCUT2D eigenvalue weighted by Crippen LogP contribution is 2.39. The van der Waals surface area contributed by atoms with Crippen LogP contribution in [0.3, 0.4) is 0 Å². The molecular weight excluding hydrogens is 370 g/mol. The number of urea groups is 1. The molecule has 2 saturated heterocycles. The number of aliphatic hydroxyl groups is 1. The molecule has 0 bridgehead atoms. The first-order chi connectivity index (χ1) is 13.8. The van der Waals surface area contributed by atoms with E-state index in [0.717, 1.165) is 11.3 Å². The first kappa shape index (κ1) is 21.6. The lowest BCUT2D eigenvalue weighted by Crippen LogP contribution is -2.58. The predicted molar refractivity (Wildman–Crippen MR) is 111 cm³/mol. The fourth-order valence-corrected chi connectivity index (χ4v) is 4.39. The molecule has 29 heavy (non-hydrogen) atoms. The Morgan fingerprint density at radius 2 is 1.72 bits per heavy atom. The molecule has 3 rings (SSSR count). The third-order valence-electron chi connectivity index (χ3n) is 6.18. The molecule has 1 spiro atoms. The number of amides is 3. The zero-order chi connectivity index (χ0) is 21.2. The molecule has 1 atom stereocenters. The number of methoxy groups -OCH3 is 1. The minimum absolute atomic E-state index is 0.0634. The summed E-state index contributed by atoms with van der Waals surface area (Å²) in [4.78, 5) is 32.2. The summed E-state index contributed by atoms with van der Waals surface area (Å²) in [5.41, 5.74) is 0.139. The average molecular weight is 404 g/mol. The minimum atomic E-state index is -0.764. The van der Waals surface area contributed by atoms with E-state index in [-0.39, 0.29) is 37.0 Å². The lowest BCUT2D eigenvalue weighted by molar-refractivity contribution is -0.136. The van der Waals surface area contributed by atoms with Gasteiger partial charge in [0.1, 0.15) is 11.3 Å². The van der Waals surface area contributed by atoms with Crippen molar-refractivity contribution in [3.8, 4) is 5.75 Å². The van der Waals surface area contributed by atoms with Crippen LogP contribution in [0.25, 0.3) is 0 Å². The maximum atomic E-state index is 13.5. The highest BCUT2D eigenvalue weighted by molar-refractivity contribution is 6.07. The number of piperidine rings is 1. The Morgan fingerprint density at radius 1 is 1.10 bits per heavy atom. The van der Waals surface area contributed by atoms with Crippen molar-refractivity contribution in [2.75, 3.05) is 33.4 Å². The summed E-state index contributed by atoms with van der Waals surface area (Å²) < 4.78 is 5.19. The second kappa shape index (κ2) is 8.71. The van der Waals surface area contributed by atoms with Crippen LogP contribution in [-0.4, -0.2) is 76.7 Å². The van der Waals surface area contributed by atoms with Crippen molar-refractivity contribution in [3.63, 3.8) is 0 Å². The minimum Gasteiger partial charge on any atom is -0.497 e. The van der Waals surface area contributed by atoms with E-state index in [4.69, 9.17) is 4.74 Å². The molecule has 160 valence electrons. The molecule has 1 aromatic carbocycles. The monoisotopic (exact) mass is 403 g/mol. The van der Waals surface area contributed by atoms with Crippen molar-refractivity contribution in [1.29, 1.82) is 0 Å². The van der Waals surface area contributed by atoms with Crippen LogP contribution in [0.15, 0.2) is 24.3 Å². The molecule has 7 nitrogen and oxygen atoms in total. The highest BCUT2D eigenvalue weighted by Gasteiger charge is 2.57. The Morgan fingerprint density at radius 3 is 2.24 bits per heavy atom. The topological polar surface area (TPSA) is 73.3 Å². The van der Waals surface area contributed by atoms with E-state index >= 15 is 0 Å². The van der Waals surface area contributed by atoms with E-state index in [1.165, 1.54) is 4.90 Å². The van der Waals surface area contributed by atoms with Crippen molar-refractivity contribution in [1.82, 2.24) is 14.7 Å². The quantitative estimate of drug-likeness (QED) is 0.708. The summed E-state index contributed by atoms with van der Waals surface area (Å²) in [6, 6.07) is 7.34. The normalized spacial score (nSPS) is 20.8. The van der Waals surface area contributed by atoms with Crippen LogP contribution in [0.2, 0.25) is 0 Å². The van der Waals surface area contributed by atoms with Crippen LogP contribution < -0.4 is 4.74 Å². The number of likely N-dealkylation sites (tertiary alicyclic amines) is 1. The van der Waals surface area contributed by atoms with Gasteiger partial charge in [-0.25, -0.2) is 4.79 Å². The number of imide groups is 1. The predicted octanol–water partition coefficient (Wildman–Crippen LogP) is 2.33. The van der Waals surface area contributed by atoms with E-state index < -0.39 is 5.54 Å². The maximum absolute atomic E-state index is 13.5. The van der Waals surface area contributed by atoms with E-state index in [9.17, 15) is 14.7 Å². The van der Waals surface area contributed by atoms with Crippen molar-refractivity contribution in [2.45, 2.75) is 51.7 Å². The zero-order valence-corrected chi connectivity index (χ0v) is 17.9. The average Bonchev–Trinajstić information content (AvgIpc) is 2.90. The van der Waals surface area contributed by atoms with Gasteiger partial charge >= 0.3 is 6.03 Å². The summed E-state index contributed by atoms with van der Waals surface area (Å²) in [7, 11) is 1.61. The molecule has 2 aliphatic rings. The third-order valence-corrected chi connectivity index (χ3v) is 6.18. The second-order valence-corrected chi connectivity index (χ2v) is 8.63. The van der Waals surface area contributed by atoms with Gasteiger partial charge in [0.25, 0.3) is 5.91 Å². The Labute approximate surface area is 173 Å². The van der Waals surface area contributed by atoms with Gasteiger partial charge in [0.15, 0.2) is 0 Å². The van der Waals surface area contributed by atoms with Gasteiger partial charge in [0.05, 0.1) is 20.3 Å². The SMILES string of the molecule is COc1ccc(CN2C(=O)N(CC(C)C)C3(CCN([C@H](C)CO)CC3)C2=O)cc1. The van der Waals surface area contributed by atoms with E-state index in [1.54, 1.807) is 7.11 Å². The van der Waals surface area contributed by atoms with Crippen molar-refractivity contribution in [3.05, 3.63) is 29.8 Å². The lowest BCUT2D eigenvalue weighted by atomic mass is 9.85. The Bertz CT molecular complexity index is 726. The molecule has 0 aliphatic carbocycles. The third kappa shape index (κ3) is 4.12. The van der Waals surface area contributed by atoms with Gasteiger partial charge in [-0.1, -0.05) is 26.0 Å². The summed E-state index contributed by atoms with van der Waals surface area (Å²) in [6.45, 7) is 8.47. The number of nitrogens with zero attached hydrogens (tertiary/aromatic N) is 3. The first-order valence-corrected chi connectivity index (χ1v) is 10.4. The number of aliphatic hydroxyl groups excluding tert-OH is 1. The van der Waals surface area contributed by atoms with E-state index in [0.29, 0.717) is 32.5 Å². The first-order valence-electron chi connectivity index (χ1n) is 10.4. The Hall–Kier alpha value is -2.12. The number of hydrogen-bond acceptors (Lipinski definition) is 5. The van der Waals surface area contributed by atoms with Gasteiger partial charge in [0, 0.05) is 25.7 Å². The highest BCUT2D eigenvalue weighted by atomic mass is 16.5. The molecule has 2 aliphatic heterocycles. The van der Waals surface area contributed by atoms with Crippen LogP contribution in [0, 0.1) is 5.92 Å². The van der Waals surface area contributed by atoms with Gasteiger partial charge in [-0.15, -0.1) is 0 Å². The molecule has 0 aromatic heterocycles.